The number of carbonyl (C=O) groups excluding carboxylic acids is 1. The number of nitrogens with zero attached hydrogens (tertiary/aromatic N) is 2. The molecule has 0 saturated heterocycles. The lowest BCUT2D eigenvalue weighted by molar-refractivity contribution is 0.112. The summed E-state index contributed by atoms with van der Waals surface area (Å²) in [5.41, 5.74) is 0.407. The highest BCUT2D eigenvalue weighted by atomic mass is 35.5. The lowest BCUT2D eigenvalue weighted by Crippen LogP contribution is -2.01. The molecule has 0 radical (unpaired) electrons. The largest absolute Gasteiger partial charge is 0.493 e. The van der Waals surface area contributed by atoms with E-state index >= 15 is 0 Å². The van der Waals surface area contributed by atoms with E-state index in [9.17, 15) is 4.79 Å². The van der Waals surface area contributed by atoms with Gasteiger partial charge in [-0.15, -0.1) is 0 Å². The molecule has 0 unspecified atom stereocenters. The van der Waals surface area contributed by atoms with E-state index in [1.54, 1.807) is 6.92 Å². The highest BCUT2D eigenvalue weighted by Crippen LogP contribution is 2.36. The van der Waals surface area contributed by atoms with Crippen LogP contribution in [0.2, 0.25) is 5.02 Å². The molecule has 0 saturated carbocycles. The van der Waals surface area contributed by atoms with Crippen molar-refractivity contribution < 1.29 is 18.8 Å². The van der Waals surface area contributed by atoms with Crippen LogP contribution >= 0.6 is 11.6 Å². The van der Waals surface area contributed by atoms with E-state index in [4.69, 9.17) is 25.6 Å². The van der Waals surface area contributed by atoms with Gasteiger partial charge >= 0.3 is 0 Å². The van der Waals surface area contributed by atoms with Crippen LogP contribution < -0.4 is 9.47 Å². The summed E-state index contributed by atoms with van der Waals surface area (Å²) in [7, 11) is 1.46. The van der Waals surface area contributed by atoms with E-state index in [0.29, 0.717) is 35.1 Å². The molecule has 1 aromatic carbocycles. The molecule has 2 rings (SSSR count). The van der Waals surface area contributed by atoms with Gasteiger partial charge in [0.25, 0.3) is 0 Å². The Balaban J connectivity index is 2.21. The van der Waals surface area contributed by atoms with Gasteiger partial charge in [0.1, 0.15) is 6.29 Å². The Morgan fingerprint density at radius 3 is 2.84 bits per heavy atom. The Labute approximate surface area is 114 Å². The van der Waals surface area contributed by atoms with Crippen molar-refractivity contribution in [1.29, 1.82) is 0 Å². The maximum Gasteiger partial charge on any atom is 0.223 e. The van der Waals surface area contributed by atoms with Crippen molar-refractivity contribution in [3.8, 4) is 11.5 Å². The molecule has 0 aliphatic heterocycles. The first kappa shape index (κ1) is 13.4. The highest BCUT2D eigenvalue weighted by Gasteiger charge is 2.13. The zero-order valence-electron chi connectivity index (χ0n) is 10.3. The maximum absolute atomic E-state index is 10.7. The van der Waals surface area contributed by atoms with E-state index < -0.39 is 0 Å². The Kier molecular flexibility index (Phi) is 4.01. The number of aryl methyl sites for hydroxylation is 1. The third-order valence-corrected chi connectivity index (χ3v) is 2.58. The second kappa shape index (κ2) is 5.71. The van der Waals surface area contributed by atoms with Crippen molar-refractivity contribution in [2.45, 2.75) is 13.5 Å². The van der Waals surface area contributed by atoms with Gasteiger partial charge in [-0.2, -0.15) is 4.98 Å². The summed E-state index contributed by atoms with van der Waals surface area (Å²) in [6.45, 7) is 1.77. The minimum absolute atomic E-state index is 0.0911. The number of benzene rings is 1. The van der Waals surface area contributed by atoms with Crippen LogP contribution in [0.4, 0.5) is 0 Å². The minimum atomic E-state index is 0.0911. The average molecular weight is 283 g/mol. The molecule has 7 heteroatoms. The summed E-state index contributed by atoms with van der Waals surface area (Å²) in [6.07, 6.45) is 0.681. The molecule has 0 spiro atoms. The molecular formula is C12H11ClN2O4. The predicted molar refractivity (Wildman–Crippen MR) is 66.8 cm³/mol. The van der Waals surface area contributed by atoms with Crippen LogP contribution in [-0.2, 0) is 6.61 Å². The quantitative estimate of drug-likeness (QED) is 0.784. The third-order valence-electron chi connectivity index (χ3n) is 2.30. The number of hydrogen-bond donors (Lipinski definition) is 0. The van der Waals surface area contributed by atoms with Crippen LogP contribution in [-0.4, -0.2) is 23.5 Å². The number of aldehydes is 1. The second-order valence-corrected chi connectivity index (χ2v) is 4.08. The lowest BCUT2D eigenvalue weighted by Gasteiger charge is -2.11. The molecule has 0 aliphatic carbocycles. The minimum Gasteiger partial charge on any atom is -0.493 e. The van der Waals surface area contributed by atoms with E-state index in [0.717, 1.165) is 0 Å². The summed E-state index contributed by atoms with van der Waals surface area (Å²) < 4.78 is 15.5. The first-order valence-corrected chi connectivity index (χ1v) is 5.76. The van der Waals surface area contributed by atoms with Crippen molar-refractivity contribution in [1.82, 2.24) is 10.1 Å². The topological polar surface area (TPSA) is 74.5 Å². The summed E-state index contributed by atoms with van der Waals surface area (Å²) in [6, 6.07) is 3.03. The fourth-order valence-electron chi connectivity index (χ4n) is 1.48. The van der Waals surface area contributed by atoms with Gasteiger partial charge in [-0.3, -0.25) is 4.79 Å². The summed E-state index contributed by atoms with van der Waals surface area (Å²) in [5, 5.41) is 3.98. The van der Waals surface area contributed by atoms with E-state index in [1.807, 2.05) is 0 Å². The SMILES string of the molecule is COc1cc(C=O)cc(Cl)c1OCc1noc(C)n1. The number of hydrogen-bond acceptors (Lipinski definition) is 6. The maximum atomic E-state index is 10.7. The van der Waals surface area contributed by atoms with Crippen molar-refractivity contribution in [3.63, 3.8) is 0 Å². The zero-order valence-corrected chi connectivity index (χ0v) is 11.1. The molecule has 0 fully saturated rings. The number of aromatic nitrogens is 2. The molecule has 0 bridgehead atoms. The van der Waals surface area contributed by atoms with Crippen LogP contribution in [0.15, 0.2) is 16.7 Å². The number of carbonyl (C=O) groups is 1. The Morgan fingerprint density at radius 2 is 2.26 bits per heavy atom. The zero-order chi connectivity index (χ0) is 13.8. The molecule has 0 N–H and O–H groups in total. The van der Waals surface area contributed by atoms with Crippen LogP contribution in [0, 0.1) is 6.92 Å². The fourth-order valence-corrected chi connectivity index (χ4v) is 1.76. The van der Waals surface area contributed by atoms with Crippen molar-refractivity contribution in [2.24, 2.45) is 0 Å². The van der Waals surface area contributed by atoms with Crippen molar-refractivity contribution >= 4 is 17.9 Å². The molecular weight excluding hydrogens is 272 g/mol. The van der Waals surface area contributed by atoms with Gasteiger partial charge in [0, 0.05) is 12.5 Å². The van der Waals surface area contributed by atoms with Crippen molar-refractivity contribution in [3.05, 3.63) is 34.4 Å². The van der Waals surface area contributed by atoms with E-state index in [-0.39, 0.29) is 11.6 Å². The van der Waals surface area contributed by atoms with Gasteiger partial charge in [0.15, 0.2) is 18.1 Å². The van der Waals surface area contributed by atoms with Gasteiger partial charge in [-0.1, -0.05) is 16.8 Å². The molecule has 19 heavy (non-hydrogen) atoms. The van der Waals surface area contributed by atoms with Gasteiger partial charge in [0.05, 0.1) is 12.1 Å². The molecule has 1 aromatic heterocycles. The molecule has 6 nitrogen and oxygen atoms in total. The van der Waals surface area contributed by atoms with Crippen LogP contribution in [0.25, 0.3) is 0 Å². The predicted octanol–water partition coefficient (Wildman–Crippen LogP) is 2.43. The van der Waals surface area contributed by atoms with Crippen LogP contribution in [0.5, 0.6) is 11.5 Å². The number of halogens is 1. The Hall–Kier alpha value is -2.08. The first-order chi connectivity index (χ1) is 9.13. The number of methoxy groups -OCH3 is 1. The Bertz CT molecular complexity index is 597. The molecule has 0 amide bonds. The van der Waals surface area contributed by atoms with Crippen LogP contribution in [0.3, 0.4) is 0 Å². The van der Waals surface area contributed by atoms with Gasteiger partial charge in [0.2, 0.25) is 11.7 Å². The number of rotatable bonds is 5. The second-order valence-electron chi connectivity index (χ2n) is 3.67. The first-order valence-electron chi connectivity index (χ1n) is 5.38. The van der Waals surface area contributed by atoms with Gasteiger partial charge in [-0.25, -0.2) is 0 Å². The molecule has 1 heterocycles. The number of ether oxygens (including phenoxy) is 2. The molecule has 100 valence electrons. The standard InChI is InChI=1S/C12H11ClN2O4/c1-7-14-11(15-19-7)6-18-12-9(13)3-8(5-16)4-10(12)17-2/h3-5H,6H2,1-2H3. The van der Waals surface area contributed by atoms with E-state index in [2.05, 4.69) is 10.1 Å². The normalized spacial score (nSPS) is 10.3. The van der Waals surface area contributed by atoms with E-state index in [1.165, 1.54) is 19.2 Å². The van der Waals surface area contributed by atoms with Crippen LogP contribution in [0.1, 0.15) is 22.1 Å². The molecule has 0 atom stereocenters. The molecule has 0 aliphatic rings. The summed E-state index contributed by atoms with van der Waals surface area (Å²) >= 11 is 6.04. The third kappa shape index (κ3) is 3.03. The lowest BCUT2D eigenvalue weighted by atomic mass is 10.2. The monoisotopic (exact) mass is 282 g/mol. The summed E-state index contributed by atoms with van der Waals surface area (Å²) in [5.74, 6) is 1.55. The van der Waals surface area contributed by atoms with Crippen molar-refractivity contribution in [2.75, 3.05) is 7.11 Å². The summed E-state index contributed by atoms with van der Waals surface area (Å²) in [4.78, 5) is 14.7. The van der Waals surface area contributed by atoms with Gasteiger partial charge in [-0.05, 0) is 12.1 Å². The average Bonchev–Trinajstić information content (AvgIpc) is 2.82. The Morgan fingerprint density at radius 1 is 1.47 bits per heavy atom. The van der Waals surface area contributed by atoms with Gasteiger partial charge < -0.3 is 14.0 Å². The smallest absolute Gasteiger partial charge is 0.223 e. The molecule has 2 aromatic rings. The fraction of sp³-hybridized carbons (Fsp3) is 0.250. The highest BCUT2D eigenvalue weighted by molar-refractivity contribution is 6.32.